The topological polar surface area (TPSA) is 97.4 Å². The average Bonchev–Trinajstić information content (AvgIpc) is 3.12. The third-order valence-electron chi connectivity index (χ3n) is 2.44. The van der Waals surface area contributed by atoms with Crippen molar-refractivity contribution in [2.24, 2.45) is 0 Å². The van der Waals surface area contributed by atoms with Gasteiger partial charge in [-0.05, 0) is 18.9 Å². The molecule has 1 amide bonds. The minimum absolute atomic E-state index is 0.00926. The van der Waals surface area contributed by atoms with Gasteiger partial charge >= 0.3 is 0 Å². The summed E-state index contributed by atoms with van der Waals surface area (Å²) in [6, 6.07) is 1.48. The van der Waals surface area contributed by atoms with Crippen LogP contribution in [0, 0.1) is 0 Å². The highest BCUT2D eigenvalue weighted by atomic mass is 32.2. The number of carbonyl (C=O) groups is 1. The fourth-order valence-electron chi connectivity index (χ4n) is 1.45. The molecule has 2 N–H and O–H groups in total. The SMILES string of the molecule is CNC(=O)c1cc(OC2CC2)cnc1NS(C)(=O)=O. The first kappa shape index (κ1) is 13.6. The first-order valence-electron chi connectivity index (χ1n) is 5.75. The van der Waals surface area contributed by atoms with E-state index < -0.39 is 15.9 Å². The van der Waals surface area contributed by atoms with Crippen LogP contribution in [-0.4, -0.2) is 38.7 Å². The molecule has 0 aromatic carbocycles. The number of sulfonamides is 1. The van der Waals surface area contributed by atoms with Crippen LogP contribution in [0.2, 0.25) is 0 Å². The fourth-order valence-corrected chi connectivity index (χ4v) is 1.97. The number of amides is 1. The Balaban J connectivity index is 2.32. The van der Waals surface area contributed by atoms with Gasteiger partial charge in [0, 0.05) is 7.05 Å². The van der Waals surface area contributed by atoms with Gasteiger partial charge in [0.2, 0.25) is 10.0 Å². The van der Waals surface area contributed by atoms with Gasteiger partial charge in [0.15, 0.2) is 5.82 Å². The van der Waals surface area contributed by atoms with Crippen molar-refractivity contribution in [2.45, 2.75) is 18.9 Å². The molecule has 0 aliphatic heterocycles. The van der Waals surface area contributed by atoms with Crippen LogP contribution in [0.15, 0.2) is 12.3 Å². The predicted octanol–water partition coefficient (Wildman–Crippen LogP) is 0.354. The van der Waals surface area contributed by atoms with Crippen molar-refractivity contribution in [3.63, 3.8) is 0 Å². The van der Waals surface area contributed by atoms with Gasteiger partial charge in [0.05, 0.1) is 24.1 Å². The lowest BCUT2D eigenvalue weighted by Crippen LogP contribution is -2.22. The van der Waals surface area contributed by atoms with Crippen LogP contribution < -0.4 is 14.8 Å². The highest BCUT2D eigenvalue weighted by Crippen LogP contribution is 2.28. The molecule has 104 valence electrons. The molecule has 8 heteroatoms. The summed E-state index contributed by atoms with van der Waals surface area (Å²) in [7, 11) is -2.04. The van der Waals surface area contributed by atoms with Gasteiger partial charge in [0.1, 0.15) is 5.75 Å². The second kappa shape index (κ2) is 5.04. The number of pyridine rings is 1. The van der Waals surface area contributed by atoms with Crippen molar-refractivity contribution < 1.29 is 17.9 Å². The number of aromatic nitrogens is 1. The molecule has 0 saturated heterocycles. The Morgan fingerprint density at radius 3 is 2.68 bits per heavy atom. The van der Waals surface area contributed by atoms with Gasteiger partial charge in [-0.2, -0.15) is 0 Å². The van der Waals surface area contributed by atoms with E-state index in [1.165, 1.54) is 19.3 Å². The van der Waals surface area contributed by atoms with E-state index in [9.17, 15) is 13.2 Å². The molecule has 2 rings (SSSR count). The van der Waals surface area contributed by atoms with E-state index >= 15 is 0 Å². The van der Waals surface area contributed by atoms with Crippen LogP contribution >= 0.6 is 0 Å². The summed E-state index contributed by atoms with van der Waals surface area (Å²) in [5.41, 5.74) is 0.131. The van der Waals surface area contributed by atoms with E-state index in [2.05, 4.69) is 15.0 Å². The van der Waals surface area contributed by atoms with E-state index in [0.717, 1.165) is 19.1 Å². The highest BCUT2D eigenvalue weighted by molar-refractivity contribution is 7.92. The number of hydrogen-bond donors (Lipinski definition) is 2. The molecule has 0 bridgehead atoms. The Hall–Kier alpha value is -1.83. The fraction of sp³-hybridized carbons (Fsp3) is 0.455. The standard InChI is InChI=1S/C11H15N3O4S/c1-12-11(15)9-5-8(18-7-3-4-7)6-13-10(9)14-19(2,16)17/h5-7H,3-4H2,1-2H3,(H,12,15)(H,13,14). The van der Waals surface area contributed by atoms with E-state index in [4.69, 9.17) is 4.74 Å². The Labute approximate surface area is 111 Å². The number of carbonyl (C=O) groups excluding carboxylic acids is 1. The zero-order chi connectivity index (χ0) is 14.0. The Bertz CT molecular complexity index is 596. The average molecular weight is 285 g/mol. The van der Waals surface area contributed by atoms with Crippen molar-refractivity contribution in [3.05, 3.63) is 17.8 Å². The molecule has 0 unspecified atom stereocenters. The lowest BCUT2D eigenvalue weighted by Gasteiger charge is -2.11. The maximum absolute atomic E-state index is 11.7. The van der Waals surface area contributed by atoms with Crippen molar-refractivity contribution >= 4 is 21.7 Å². The van der Waals surface area contributed by atoms with Gasteiger partial charge in [-0.25, -0.2) is 13.4 Å². The second-order valence-corrected chi connectivity index (χ2v) is 6.09. The van der Waals surface area contributed by atoms with E-state index in [1.54, 1.807) is 0 Å². The van der Waals surface area contributed by atoms with E-state index in [1.807, 2.05) is 0 Å². The third kappa shape index (κ3) is 3.82. The van der Waals surface area contributed by atoms with Gasteiger partial charge in [0.25, 0.3) is 5.91 Å². The largest absolute Gasteiger partial charge is 0.489 e. The molecule has 0 spiro atoms. The van der Waals surface area contributed by atoms with Crippen molar-refractivity contribution in [2.75, 3.05) is 18.0 Å². The van der Waals surface area contributed by atoms with Gasteiger partial charge in [-0.3, -0.25) is 9.52 Å². The number of hydrogen-bond acceptors (Lipinski definition) is 5. The lowest BCUT2D eigenvalue weighted by atomic mass is 10.2. The minimum atomic E-state index is -3.50. The number of anilines is 1. The third-order valence-corrected chi connectivity index (χ3v) is 3.01. The van der Waals surface area contributed by atoms with E-state index in [-0.39, 0.29) is 17.5 Å². The maximum Gasteiger partial charge on any atom is 0.254 e. The molecule has 0 radical (unpaired) electrons. The number of ether oxygens (including phenoxy) is 1. The summed E-state index contributed by atoms with van der Waals surface area (Å²) in [6.07, 6.45) is 4.54. The molecule has 1 aromatic rings. The summed E-state index contributed by atoms with van der Waals surface area (Å²) in [4.78, 5) is 15.7. The first-order chi connectivity index (χ1) is 8.89. The van der Waals surface area contributed by atoms with Gasteiger partial charge < -0.3 is 10.1 Å². The molecule has 1 aliphatic rings. The first-order valence-corrected chi connectivity index (χ1v) is 7.65. The van der Waals surface area contributed by atoms with Crippen molar-refractivity contribution in [1.82, 2.24) is 10.3 Å². The predicted molar refractivity (Wildman–Crippen MR) is 69.7 cm³/mol. The quantitative estimate of drug-likeness (QED) is 0.813. The summed E-state index contributed by atoms with van der Waals surface area (Å²) in [6.45, 7) is 0. The van der Waals surface area contributed by atoms with Crippen LogP contribution in [-0.2, 0) is 10.0 Å². The molecule has 1 heterocycles. The van der Waals surface area contributed by atoms with Crippen LogP contribution in [0.4, 0.5) is 5.82 Å². The summed E-state index contributed by atoms with van der Waals surface area (Å²) >= 11 is 0. The van der Waals surface area contributed by atoms with Crippen LogP contribution in [0.1, 0.15) is 23.2 Å². The van der Waals surface area contributed by atoms with Crippen molar-refractivity contribution in [1.29, 1.82) is 0 Å². The molecular formula is C11H15N3O4S. The molecule has 7 nitrogen and oxygen atoms in total. The Morgan fingerprint density at radius 1 is 1.47 bits per heavy atom. The molecule has 1 saturated carbocycles. The molecule has 1 fully saturated rings. The zero-order valence-corrected chi connectivity index (χ0v) is 11.5. The number of nitrogens with zero attached hydrogens (tertiary/aromatic N) is 1. The Morgan fingerprint density at radius 2 is 2.16 bits per heavy atom. The molecular weight excluding hydrogens is 270 g/mol. The van der Waals surface area contributed by atoms with Gasteiger partial charge in [-0.15, -0.1) is 0 Å². The summed E-state index contributed by atoms with van der Waals surface area (Å²) in [5.74, 6) is 0.0186. The van der Waals surface area contributed by atoms with Crippen LogP contribution in [0.25, 0.3) is 0 Å². The lowest BCUT2D eigenvalue weighted by molar-refractivity contribution is 0.0963. The zero-order valence-electron chi connectivity index (χ0n) is 10.6. The highest BCUT2D eigenvalue weighted by Gasteiger charge is 2.24. The number of nitrogens with one attached hydrogen (secondary N) is 2. The monoisotopic (exact) mass is 285 g/mol. The molecule has 1 aromatic heterocycles. The smallest absolute Gasteiger partial charge is 0.254 e. The summed E-state index contributed by atoms with van der Waals surface area (Å²) in [5, 5.41) is 2.43. The molecule has 0 atom stereocenters. The minimum Gasteiger partial charge on any atom is -0.489 e. The van der Waals surface area contributed by atoms with Crippen LogP contribution in [0.3, 0.4) is 0 Å². The summed E-state index contributed by atoms with van der Waals surface area (Å²) < 4.78 is 30.2. The molecule has 19 heavy (non-hydrogen) atoms. The number of rotatable bonds is 5. The second-order valence-electron chi connectivity index (χ2n) is 4.34. The van der Waals surface area contributed by atoms with Gasteiger partial charge in [-0.1, -0.05) is 0 Å². The Kier molecular flexibility index (Phi) is 3.61. The maximum atomic E-state index is 11.7. The van der Waals surface area contributed by atoms with Crippen molar-refractivity contribution in [3.8, 4) is 5.75 Å². The molecule has 1 aliphatic carbocycles. The van der Waals surface area contributed by atoms with Crippen LogP contribution in [0.5, 0.6) is 5.75 Å². The normalized spacial score (nSPS) is 14.8. The van der Waals surface area contributed by atoms with E-state index in [0.29, 0.717) is 5.75 Å².